The van der Waals surface area contributed by atoms with Gasteiger partial charge >= 0.3 is 0 Å². The Morgan fingerprint density at radius 1 is 0.309 bits per heavy atom. The Morgan fingerprint density at radius 3 is 1.56 bits per heavy atom. The van der Waals surface area contributed by atoms with E-state index in [-0.39, 0.29) is 0 Å². The fraction of sp³-hybridized carbons (Fsp3) is 0. The molecule has 55 heavy (non-hydrogen) atoms. The first-order valence-electron chi connectivity index (χ1n) is 18.8. The van der Waals surface area contributed by atoms with Crippen LogP contribution in [0, 0.1) is 0 Å². The second kappa shape index (κ2) is 11.6. The lowest BCUT2D eigenvalue weighted by Crippen LogP contribution is -2.04. The van der Waals surface area contributed by atoms with Gasteiger partial charge < -0.3 is 0 Å². The summed E-state index contributed by atoms with van der Waals surface area (Å²) in [6.07, 6.45) is 0. The van der Waals surface area contributed by atoms with E-state index in [1.54, 1.807) is 0 Å². The average molecular weight is 698 g/mol. The van der Waals surface area contributed by atoms with E-state index in [4.69, 9.17) is 9.97 Å². The fourth-order valence-electron chi connectivity index (χ4n) is 9.07. The van der Waals surface area contributed by atoms with Gasteiger partial charge in [0.05, 0.1) is 22.1 Å². The number of aromatic nitrogens is 3. The zero-order chi connectivity index (χ0) is 36.0. The highest BCUT2D eigenvalue weighted by Gasteiger charge is 2.24. The van der Waals surface area contributed by atoms with E-state index in [9.17, 15) is 0 Å². The quantitative estimate of drug-likeness (QED) is 0.172. The van der Waals surface area contributed by atoms with Gasteiger partial charge in [0, 0.05) is 27.1 Å². The number of nitrogens with zero attached hydrogens (tertiary/aromatic N) is 3. The fourth-order valence-corrected chi connectivity index (χ4v) is 9.07. The molecule has 2 heterocycles. The van der Waals surface area contributed by atoms with Crippen molar-refractivity contribution in [3.63, 3.8) is 0 Å². The second-order valence-electron chi connectivity index (χ2n) is 14.5. The molecule has 3 heteroatoms. The summed E-state index contributed by atoms with van der Waals surface area (Å²) in [7, 11) is 0. The van der Waals surface area contributed by atoms with Crippen molar-refractivity contribution in [3.8, 4) is 28.2 Å². The molecular formula is C52H31N3. The van der Waals surface area contributed by atoms with Crippen molar-refractivity contribution in [2.45, 2.75) is 0 Å². The van der Waals surface area contributed by atoms with Crippen LogP contribution in [0.25, 0.3) is 115 Å². The number of hydrogen-bond donors (Lipinski definition) is 0. The SMILES string of the molecule is c1ccc(-c2ccc(-c3nc4c(ccc5ccccc54)nc3-n3c4ccc5ccccc5c4c4c5c6ccccc6c6ccccc6c5ccc43)cc2)cc1. The van der Waals surface area contributed by atoms with Crippen molar-refractivity contribution in [1.82, 2.24) is 14.5 Å². The van der Waals surface area contributed by atoms with E-state index in [0.717, 1.165) is 49.9 Å². The lowest BCUT2D eigenvalue weighted by molar-refractivity contribution is 1.08. The number of fused-ring (bicyclic) bond motifs is 15. The summed E-state index contributed by atoms with van der Waals surface area (Å²) >= 11 is 0. The van der Waals surface area contributed by atoms with Crippen molar-refractivity contribution in [2.24, 2.45) is 0 Å². The van der Waals surface area contributed by atoms with Crippen LogP contribution < -0.4 is 0 Å². The minimum absolute atomic E-state index is 0.815. The molecule has 0 aliphatic rings. The van der Waals surface area contributed by atoms with Gasteiger partial charge in [0.15, 0.2) is 5.82 Å². The van der Waals surface area contributed by atoms with Gasteiger partial charge in [-0.15, -0.1) is 0 Å². The van der Waals surface area contributed by atoms with Gasteiger partial charge in [-0.25, -0.2) is 9.97 Å². The number of benzene rings is 10. The summed E-state index contributed by atoms with van der Waals surface area (Å²) < 4.78 is 2.38. The Bertz CT molecular complexity index is 3490. The molecule has 0 radical (unpaired) electrons. The van der Waals surface area contributed by atoms with Crippen LogP contribution in [0.1, 0.15) is 0 Å². The first kappa shape index (κ1) is 30.1. The first-order chi connectivity index (χ1) is 27.3. The summed E-state index contributed by atoms with van der Waals surface area (Å²) in [5.74, 6) is 0.815. The maximum absolute atomic E-state index is 5.60. The van der Waals surface area contributed by atoms with Gasteiger partial charge in [-0.05, 0) is 72.4 Å². The highest BCUT2D eigenvalue weighted by Crippen LogP contribution is 2.46. The van der Waals surface area contributed by atoms with Gasteiger partial charge in [-0.2, -0.15) is 0 Å². The minimum atomic E-state index is 0.815. The third-order valence-electron chi connectivity index (χ3n) is 11.5. The molecule has 0 saturated heterocycles. The highest BCUT2D eigenvalue weighted by atomic mass is 15.1. The lowest BCUT2D eigenvalue weighted by atomic mass is 9.91. The molecule has 0 aliphatic heterocycles. The van der Waals surface area contributed by atoms with E-state index in [0.29, 0.717) is 0 Å². The molecule has 0 spiro atoms. The smallest absolute Gasteiger partial charge is 0.165 e. The topological polar surface area (TPSA) is 30.7 Å². The Labute approximate surface area is 316 Å². The van der Waals surface area contributed by atoms with Gasteiger partial charge in [0.2, 0.25) is 0 Å². The lowest BCUT2D eigenvalue weighted by Gasteiger charge is -2.16. The maximum atomic E-state index is 5.60. The average Bonchev–Trinajstić information content (AvgIpc) is 3.61. The zero-order valence-corrected chi connectivity index (χ0v) is 29.7. The molecule has 12 aromatic rings. The van der Waals surface area contributed by atoms with Gasteiger partial charge in [-0.3, -0.25) is 4.57 Å². The Balaban J connectivity index is 1.26. The molecular weight excluding hydrogens is 667 g/mol. The molecule has 10 aromatic carbocycles. The molecule has 0 amide bonds. The second-order valence-corrected chi connectivity index (χ2v) is 14.5. The van der Waals surface area contributed by atoms with Gasteiger partial charge in [-0.1, -0.05) is 170 Å². The molecule has 0 N–H and O–H groups in total. The molecule has 0 fully saturated rings. The number of hydrogen-bond acceptors (Lipinski definition) is 2. The van der Waals surface area contributed by atoms with Crippen LogP contribution in [0.5, 0.6) is 0 Å². The zero-order valence-electron chi connectivity index (χ0n) is 29.7. The van der Waals surface area contributed by atoms with Gasteiger partial charge in [0.25, 0.3) is 0 Å². The van der Waals surface area contributed by atoms with Crippen molar-refractivity contribution in [3.05, 3.63) is 188 Å². The first-order valence-corrected chi connectivity index (χ1v) is 18.8. The predicted molar refractivity (Wildman–Crippen MR) is 232 cm³/mol. The summed E-state index contributed by atoms with van der Waals surface area (Å²) in [4.78, 5) is 11.2. The van der Waals surface area contributed by atoms with Crippen molar-refractivity contribution >= 4 is 86.7 Å². The van der Waals surface area contributed by atoms with Crippen molar-refractivity contribution in [1.29, 1.82) is 0 Å². The molecule has 0 aliphatic carbocycles. The molecule has 3 nitrogen and oxygen atoms in total. The van der Waals surface area contributed by atoms with Crippen LogP contribution in [-0.2, 0) is 0 Å². The predicted octanol–water partition coefficient (Wildman–Crippen LogP) is 13.8. The van der Waals surface area contributed by atoms with E-state index < -0.39 is 0 Å². The Kier molecular flexibility index (Phi) is 6.34. The van der Waals surface area contributed by atoms with Crippen LogP contribution in [0.4, 0.5) is 0 Å². The molecule has 0 unspecified atom stereocenters. The Hall–Kier alpha value is -7.36. The van der Waals surface area contributed by atoms with Crippen LogP contribution >= 0.6 is 0 Å². The van der Waals surface area contributed by atoms with Crippen LogP contribution in [0.3, 0.4) is 0 Å². The van der Waals surface area contributed by atoms with Gasteiger partial charge in [0.1, 0.15) is 5.69 Å². The molecule has 12 rings (SSSR count). The van der Waals surface area contributed by atoms with E-state index >= 15 is 0 Å². The van der Waals surface area contributed by atoms with E-state index in [2.05, 4.69) is 193 Å². The Morgan fingerprint density at radius 2 is 0.818 bits per heavy atom. The minimum Gasteiger partial charge on any atom is -0.292 e. The standard InChI is InChI=1S/C52H31N3/c1-2-12-32(13-3-1)33-22-24-36(25-23-33)50-52(53-44-29-26-35-15-5-7-17-38(35)51(44)54-50)55-45-30-27-34-14-4-6-16-37(34)48(45)49-46(55)31-28-43-41-20-9-8-18-39(41)40-19-10-11-21-42(40)47(43)49/h1-31H. The normalized spacial score (nSPS) is 12.0. The highest BCUT2D eigenvalue weighted by molar-refractivity contribution is 6.37. The summed E-state index contributed by atoms with van der Waals surface area (Å²) in [5.41, 5.74) is 8.20. The molecule has 0 atom stereocenters. The largest absolute Gasteiger partial charge is 0.292 e. The summed E-state index contributed by atoms with van der Waals surface area (Å²) in [5, 5.41) is 14.7. The third-order valence-corrected chi connectivity index (χ3v) is 11.5. The van der Waals surface area contributed by atoms with Crippen molar-refractivity contribution < 1.29 is 0 Å². The maximum Gasteiger partial charge on any atom is 0.165 e. The molecule has 0 bridgehead atoms. The van der Waals surface area contributed by atoms with Crippen molar-refractivity contribution in [2.75, 3.05) is 0 Å². The van der Waals surface area contributed by atoms with Crippen LogP contribution in [-0.4, -0.2) is 14.5 Å². The van der Waals surface area contributed by atoms with E-state index in [1.807, 2.05) is 0 Å². The summed E-state index contributed by atoms with van der Waals surface area (Å²) in [6, 6.07) is 67.7. The summed E-state index contributed by atoms with van der Waals surface area (Å²) in [6.45, 7) is 0. The molecule has 2 aromatic heterocycles. The van der Waals surface area contributed by atoms with E-state index in [1.165, 1.54) is 65.0 Å². The number of rotatable bonds is 3. The molecule has 0 saturated carbocycles. The monoisotopic (exact) mass is 697 g/mol. The van der Waals surface area contributed by atoms with Crippen LogP contribution in [0.15, 0.2) is 188 Å². The third kappa shape index (κ3) is 4.38. The molecule has 254 valence electrons. The van der Waals surface area contributed by atoms with Crippen LogP contribution in [0.2, 0.25) is 0 Å².